The highest BCUT2D eigenvalue weighted by molar-refractivity contribution is 9.10. The molecule has 100 valence electrons. The number of hydrogen-bond donors (Lipinski definition) is 0. The van der Waals surface area contributed by atoms with Crippen LogP contribution in [0.4, 0.5) is 0 Å². The smallest absolute Gasteiger partial charge is 0.187 e. The van der Waals surface area contributed by atoms with Gasteiger partial charge in [-0.2, -0.15) is 5.10 Å². The molecular weight excluding hydrogens is 298 g/mol. The highest BCUT2D eigenvalue weighted by atomic mass is 79.9. The number of ether oxygens (including phenoxy) is 1. The molecule has 1 aliphatic heterocycles. The molecule has 1 unspecified atom stereocenters. The first kappa shape index (κ1) is 13.7. The van der Waals surface area contributed by atoms with E-state index in [2.05, 4.69) is 25.9 Å². The largest absolute Gasteiger partial charge is 0.381 e. The fourth-order valence-corrected chi connectivity index (χ4v) is 2.50. The van der Waals surface area contributed by atoms with Crippen LogP contribution in [0.3, 0.4) is 0 Å². The van der Waals surface area contributed by atoms with Crippen molar-refractivity contribution in [1.82, 2.24) is 14.7 Å². The van der Waals surface area contributed by atoms with Crippen LogP contribution in [0.15, 0.2) is 10.7 Å². The number of carbonyl (C=O) groups excluding carboxylic acids is 1. The maximum Gasteiger partial charge on any atom is 0.187 e. The van der Waals surface area contributed by atoms with Gasteiger partial charge in [0.1, 0.15) is 5.69 Å². The van der Waals surface area contributed by atoms with Gasteiger partial charge in [-0.1, -0.05) is 0 Å². The quantitative estimate of drug-likeness (QED) is 0.771. The number of halogens is 1. The summed E-state index contributed by atoms with van der Waals surface area (Å²) in [6, 6.07) is 0. The number of likely N-dealkylation sites (N-methyl/N-ethyl adjacent to an activating group) is 1. The second kappa shape index (κ2) is 5.95. The number of aromatic nitrogens is 2. The lowest BCUT2D eigenvalue weighted by atomic mass is 10.0. The van der Waals surface area contributed by atoms with E-state index in [-0.39, 0.29) is 11.7 Å². The highest BCUT2D eigenvalue weighted by Crippen LogP contribution is 2.24. The van der Waals surface area contributed by atoms with Gasteiger partial charge in [-0.05, 0) is 36.4 Å². The molecular formula is C12H18BrN3O2. The lowest BCUT2D eigenvalue weighted by Crippen LogP contribution is -2.24. The molecule has 1 aromatic rings. The van der Waals surface area contributed by atoms with E-state index in [4.69, 9.17) is 4.74 Å². The summed E-state index contributed by atoms with van der Waals surface area (Å²) in [5.74, 6) is 0.117. The SMILES string of the molecule is CN(C)CCn1ncc(Br)c1C(=O)C1CCOC1. The summed E-state index contributed by atoms with van der Waals surface area (Å²) in [5.41, 5.74) is 0.673. The van der Waals surface area contributed by atoms with Crippen molar-refractivity contribution in [3.63, 3.8) is 0 Å². The van der Waals surface area contributed by atoms with Gasteiger partial charge in [-0.25, -0.2) is 0 Å². The first-order valence-electron chi connectivity index (χ1n) is 6.07. The van der Waals surface area contributed by atoms with Crippen LogP contribution in [0.25, 0.3) is 0 Å². The molecule has 2 rings (SSSR count). The van der Waals surface area contributed by atoms with Gasteiger partial charge < -0.3 is 9.64 Å². The van der Waals surface area contributed by atoms with Crippen molar-refractivity contribution in [2.24, 2.45) is 5.92 Å². The number of hydrogen-bond acceptors (Lipinski definition) is 4. The van der Waals surface area contributed by atoms with Crippen LogP contribution in [0.5, 0.6) is 0 Å². The fourth-order valence-electron chi connectivity index (χ4n) is 2.01. The number of carbonyl (C=O) groups is 1. The Labute approximate surface area is 115 Å². The molecule has 1 atom stereocenters. The maximum atomic E-state index is 12.4. The predicted molar refractivity (Wildman–Crippen MR) is 71.7 cm³/mol. The van der Waals surface area contributed by atoms with Gasteiger partial charge in [0.2, 0.25) is 0 Å². The number of Topliss-reactive ketones (excluding diaryl/α,β-unsaturated/α-hetero) is 1. The third-order valence-electron chi connectivity index (χ3n) is 3.09. The van der Waals surface area contributed by atoms with Crippen LogP contribution in [-0.4, -0.2) is 54.3 Å². The first-order chi connectivity index (χ1) is 8.59. The third kappa shape index (κ3) is 2.99. The number of ketones is 1. The van der Waals surface area contributed by atoms with Crippen LogP contribution < -0.4 is 0 Å². The van der Waals surface area contributed by atoms with Gasteiger partial charge in [-0.3, -0.25) is 9.48 Å². The Hall–Kier alpha value is -0.720. The van der Waals surface area contributed by atoms with Crippen molar-refractivity contribution in [3.8, 4) is 0 Å². The van der Waals surface area contributed by atoms with Crippen LogP contribution in [0.1, 0.15) is 16.9 Å². The molecule has 5 nitrogen and oxygen atoms in total. The third-order valence-corrected chi connectivity index (χ3v) is 3.67. The first-order valence-corrected chi connectivity index (χ1v) is 6.87. The standard InChI is InChI=1S/C12H18BrN3O2/c1-15(2)4-5-16-11(10(13)7-14-16)12(17)9-3-6-18-8-9/h7,9H,3-6,8H2,1-2H3. The van der Waals surface area contributed by atoms with Crippen LogP contribution >= 0.6 is 15.9 Å². The van der Waals surface area contributed by atoms with E-state index in [1.807, 2.05) is 14.1 Å². The summed E-state index contributed by atoms with van der Waals surface area (Å²) in [7, 11) is 4.01. The molecule has 0 N–H and O–H groups in total. The molecule has 0 saturated carbocycles. The molecule has 0 amide bonds. The average Bonchev–Trinajstić information content (AvgIpc) is 2.94. The van der Waals surface area contributed by atoms with E-state index in [0.717, 1.165) is 17.4 Å². The Balaban J connectivity index is 2.14. The van der Waals surface area contributed by atoms with E-state index < -0.39 is 0 Å². The zero-order valence-electron chi connectivity index (χ0n) is 10.7. The second-order valence-corrected chi connectivity index (χ2v) is 5.65. The van der Waals surface area contributed by atoms with Gasteiger partial charge >= 0.3 is 0 Å². The van der Waals surface area contributed by atoms with E-state index in [9.17, 15) is 4.79 Å². The van der Waals surface area contributed by atoms with E-state index in [0.29, 0.717) is 25.5 Å². The van der Waals surface area contributed by atoms with Crippen molar-refractivity contribution < 1.29 is 9.53 Å². The monoisotopic (exact) mass is 315 g/mol. The van der Waals surface area contributed by atoms with Crippen molar-refractivity contribution >= 4 is 21.7 Å². The summed E-state index contributed by atoms with van der Waals surface area (Å²) in [4.78, 5) is 14.5. The Bertz CT molecular complexity index is 425. The zero-order valence-corrected chi connectivity index (χ0v) is 12.3. The lowest BCUT2D eigenvalue weighted by Gasteiger charge is -2.13. The van der Waals surface area contributed by atoms with Gasteiger partial charge in [0.05, 0.1) is 23.8 Å². The minimum Gasteiger partial charge on any atom is -0.381 e. The van der Waals surface area contributed by atoms with Gasteiger partial charge in [0.25, 0.3) is 0 Å². The molecule has 0 aromatic carbocycles. The Kier molecular flexibility index (Phi) is 4.53. The minimum absolute atomic E-state index is 0.0175. The molecule has 0 spiro atoms. The van der Waals surface area contributed by atoms with Crippen molar-refractivity contribution in [1.29, 1.82) is 0 Å². The predicted octanol–water partition coefficient (Wildman–Crippen LogP) is 1.43. The number of nitrogens with zero attached hydrogens (tertiary/aromatic N) is 3. The summed E-state index contributed by atoms with van der Waals surface area (Å²) < 4.78 is 7.84. The molecule has 6 heteroatoms. The summed E-state index contributed by atoms with van der Waals surface area (Å²) in [6.45, 7) is 2.78. The van der Waals surface area contributed by atoms with Gasteiger partial charge in [0, 0.05) is 19.1 Å². The Morgan fingerprint density at radius 3 is 3.06 bits per heavy atom. The minimum atomic E-state index is -0.0175. The van der Waals surface area contributed by atoms with Crippen LogP contribution in [-0.2, 0) is 11.3 Å². The molecule has 1 saturated heterocycles. The van der Waals surface area contributed by atoms with Crippen LogP contribution in [0, 0.1) is 5.92 Å². The second-order valence-electron chi connectivity index (χ2n) is 4.79. The summed E-state index contributed by atoms with van der Waals surface area (Å²) >= 11 is 3.41. The van der Waals surface area contributed by atoms with Gasteiger partial charge in [-0.15, -0.1) is 0 Å². The fraction of sp³-hybridized carbons (Fsp3) is 0.667. The molecule has 1 aromatic heterocycles. The van der Waals surface area contributed by atoms with E-state index in [1.165, 1.54) is 0 Å². The lowest BCUT2D eigenvalue weighted by molar-refractivity contribution is 0.0887. The molecule has 0 radical (unpaired) electrons. The van der Waals surface area contributed by atoms with Crippen molar-refractivity contribution in [2.45, 2.75) is 13.0 Å². The summed E-state index contributed by atoms with van der Waals surface area (Å²) in [6.07, 6.45) is 2.50. The average molecular weight is 316 g/mol. The van der Waals surface area contributed by atoms with E-state index in [1.54, 1.807) is 10.9 Å². The summed E-state index contributed by atoms with van der Waals surface area (Å²) in [5, 5.41) is 4.26. The van der Waals surface area contributed by atoms with Crippen molar-refractivity contribution in [3.05, 3.63) is 16.4 Å². The Morgan fingerprint density at radius 2 is 2.44 bits per heavy atom. The van der Waals surface area contributed by atoms with E-state index >= 15 is 0 Å². The van der Waals surface area contributed by atoms with Gasteiger partial charge in [0.15, 0.2) is 5.78 Å². The molecule has 1 aliphatic rings. The molecule has 1 fully saturated rings. The normalized spacial score (nSPS) is 19.7. The highest BCUT2D eigenvalue weighted by Gasteiger charge is 2.28. The molecule has 2 heterocycles. The zero-order chi connectivity index (χ0) is 13.1. The Morgan fingerprint density at radius 1 is 1.67 bits per heavy atom. The number of rotatable bonds is 5. The molecule has 0 aliphatic carbocycles. The molecule has 18 heavy (non-hydrogen) atoms. The van der Waals surface area contributed by atoms with Crippen molar-refractivity contribution in [2.75, 3.05) is 33.9 Å². The maximum absolute atomic E-state index is 12.4. The topological polar surface area (TPSA) is 47.4 Å². The van der Waals surface area contributed by atoms with Crippen LogP contribution in [0.2, 0.25) is 0 Å². The molecule has 0 bridgehead atoms.